The predicted molar refractivity (Wildman–Crippen MR) is 156 cm³/mol. The highest BCUT2D eigenvalue weighted by Crippen LogP contribution is 2.29. The van der Waals surface area contributed by atoms with Gasteiger partial charge in [-0.3, -0.25) is 4.79 Å². The number of sulfonamides is 1. The third-order valence-electron chi connectivity index (χ3n) is 6.20. The van der Waals surface area contributed by atoms with Crippen LogP contribution < -0.4 is 14.8 Å². The molecular formula is C31H40N2O5S. The second-order valence-corrected chi connectivity index (χ2v) is 12.2. The lowest BCUT2D eigenvalue weighted by molar-refractivity contribution is 0.0975. The minimum absolute atomic E-state index is 0.107. The van der Waals surface area contributed by atoms with E-state index in [0.717, 1.165) is 35.2 Å². The predicted octanol–water partition coefficient (Wildman–Crippen LogP) is 5.11. The van der Waals surface area contributed by atoms with E-state index in [1.54, 1.807) is 18.2 Å². The lowest BCUT2D eigenvalue weighted by Crippen LogP contribution is -2.33. The highest BCUT2D eigenvalue weighted by atomic mass is 32.2. The van der Waals surface area contributed by atoms with Crippen molar-refractivity contribution in [3.05, 3.63) is 89.5 Å². The average molecular weight is 553 g/mol. The molecule has 0 radical (unpaired) electrons. The molecule has 3 N–H and O–H groups in total. The summed E-state index contributed by atoms with van der Waals surface area (Å²) in [6, 6.07) is 22.9. The molecule has 0 fully saturated rings. The summed E-state index contributed by atoms with van der Waals surface area (Å²) in [4.78, 5) is 12.9. The van der Waals surface area contributed by atoms with Gasteiger partial charge in [-0.05, 0) is 73.5 Å². The number of carbonyl (C=O) groups excluding carboxylic acids is 1. The summed E-state index contributed by atoms with van der Waals surface area (Å²) in [5, 5.41) is 13.6. The van der Waals surface area contributed by atoms with Gasteiger partial charge in [0.2, 0.25) is 10.0 Å². The first kappa shape index (κ1) is 30.3. The van der Waals surface area contributed by atoms with E-state index in [4.69, 9.17) is 4.74 Å². The van der Waals surface area contributed by atoms with Gasteiger partial charge < -0.3 is 15.2 Å². The van der Waals surface area contributed by atoms with Crippen molar-refractivity contribution >= 4 is 15.9 Å². The Morgan fingerprint density at radius 1 is 0.923 bits per heavy atom. The Kier molecular flexibility index (Phi) is 11.1. The summed E-state index contributed by atoms with van der Waals surface area (Å²) in [6.45, 7) is 8.81. The van der Waals surface area contributed by atoms with Crippen LogP contribution in [0.1, 0.15) is 61.7 Å². The summed E-state index contributed by atoms with van der Waals surface area (Å²) < 4.78 is 32.8. The molecule has 0 spiro atoms. The lowest BCUT2D eigenvalue weighted by atomic mass is 10.0. The molecule has 7 nitrogen and oxygen atoms in total. The van der Waals surface area contributed by atoms with Gasteiger partial charge in [-0.15, -0.1) is 0 Å². The first-order chi connectivity index (χ1) is 18.5. The normalized spacial score (nSPS) is 12.5. The first-order valence-electron chi connectivity index (χ1n) is 13.4. The number of aliphatic hydroxyl groups excluding tert-OH is 1. The number of nitrogens with one attached hydrogen (secondary N) is 2. The number of hydrogen-bond acceptors (Lipinski definition) is 6. The molecule has 0 aliphatic rings. The minimum atomic E-state index is -3.74. The Labute approximate surface area is 232 Å². The number of hydrogen-bond donors (Lipinski definition) is 3. The van der Waals surface area contributed by atoms with E-state index >= 15 is 0 Å². The van der Waals surface area contributed by atoms with Gasteiger partial charge in [-0.1, -0.05) is 74.5 Å². The molecule has 1 atom stereocenters. The molecule has 0 aromatic heterocycles. The molecule has 0 unspecified atom stereocenters. The molecular weight excluding hydrogens is 512 g/mol. The van der Waals surface area contributed by atoms with Gasteiger partial charge in [0.1, 0.15) is 5.75 Å². The van der Waals surface area contributed by atoms with Crippen molar-refractivity contribution in [3.8, 4) is 16.9 Å². The average Bonchev–Trinajstić information content (AvgIpc) is 2.90. The van der Waals surface area contributed by atoms with Crippen LogP contribution in [-0.4, -0.2) is 44.4 Å². The molecule has 0 bridgehead atoms. The Morgan fingerprint density at radius 2 is 1.59 bits per heavy atom. The van der Waals surface area contributed by atoms with E-state index in [9.17, 15) is 18.3 Å². The van der Waals surface area contributed by atoms with Crippen LogP contribution >= 0.6 is 0 Å². The van der Waals surface area contributed by atoms with Gasteiger partial charge in [0, 0.05) is 6.54 Å². The second-order valence-electron chi connectivity index (χ2n) is 10.4. The summed E-state index contributed by atoms with van der Waals surface area (Å²) >= 11 is 0. The molecule has 0 saturated heterocycles. The Balaban J connectivity index is 1.64. The van der Waals surface area contributed by atoms with E-state index < -0.39 is 22.0 Å². The Morgan fingerprint density at radius 3 is 2.23 bits per heavy atom. The van der Waals surface area contributed by atoms with Crippen LogP contribution in [0, 0.1) is 5.92 Å². The minimum Gasteiger partial charge on any atom is -0.490 e. The van der Waals surface area contributed by atoms with Crippen LogP contribution in [0.4, 0.5) is 0 Å². The topological polar surface area (TPSA) is 105 Å². The maximum atomic E-state index is 12.9. The summed E-state index contributed by atoms with van der Waals surface area (Å²) in [5.41, 5.74) is 4.05. The van der Waals surface area contributed by atoms with E-state index in [2.05, 4.69) is 22.2 Å². The van der Waals surface area contributed by atoms with Gasteiger partial charge in [-0.2, -0.15) is 0 Å². The number of amides is 1. The monoisotopic (exact) mass is 552 g/mol. The van der Waals surface area contributed by atoms with Crippen molar-refractivity contribution in [2.45, 2.75) is 52.7 Å². The fourth-order valence-electron chi connectivity index (χ4n) is 4.01. The quantitative estimate of drug-likeness (QED) is 0.240. The highest BCUT2D eigenvalue weighted by molar-refractivity contribution is 7.90. The van der Waals surface area contributed by atoms with Crippen molar-refractivity contribution in [1.29, 1.82) is 0 Å². The van der Waals surface area contributed by atoms with Crippen molar-refractivity contribution in [3.63, 3.8) is 0 Å². The SMILES string of the molecule is CC(C)CCS(=O)(=O)NC(=O)c1ccc(-c2ccc(CCNC[C@@H](O)c3ccccc3)cc2)cc1OC(C)C. The number of aliphatic hydroxyl groups is 1. The fraction of sp³-hybridized carbons (Fsp3) is 0.387. The fourth-order valence-corrected chi connectivity index (χ4v) is 5.28. The van der Waals surface area contributed by atoms with Crippen LogP contribution in [0.3, 0.4) is 0 Å². The summed E-state index contributed by atoms with van der Waals surface area (Å²) in [5.74, 6) is -0.249. The molecule has 0 heterocycles. The van der Waals surface area contributed by atoms with E-state index in [0.29, 0.717) is 18.7 Å². The molecule has 39 heavy (non-hydrogen) atoms. The molecule has 1 amide bonds. The smallest absolute Gasteiger partial charge is 0.268 e. The van der Waals surface area contributed by atoms with Crippen LogP contribution in [0.25, 0.3) is 11.1 Å². The van der Waals surface area contributed by atoms with E-state index in [1.807, 2.05) is 70.2 Å². The molecule has 0 aliphatic carbocycles. The van der Waals surface area contributed by atoms with Gasteiger partial charge >= 0.3 is 0 Å². The number of carbonyl (C=O) groups is 1. The summed E-state index contributed by atoms with van der Waals surface area (Å²) in [6.07, 6.45) is 0.549. The van der Waals surface area contributed by atoms with E-state index in [-0.39, 0.29) is 23.3 Å². The maximum absolute atomic E-state index is 12.9. The number of rotatable bonds is 14. The number of benzene rings is 3. The van der Waals surface area contributed by atoms with Crippen molar-refractivity contribution < 1.29 is 23.1 Å². The van der Waals surface area contributed by atoms with Crippen molar-refractivity contribution in [1.82, 2.24) is 10.0 Å². The number of ether oxygens (including phenoxy) is 1. The first-order valence-corrected chi connectivity index (χ1v) is 15.1. The Hall–Kier alpha value is -3.20. The van der Waals surface area contributed by atoms with Gasteiger partial charge in [0.05, 0.1) is 23.5 Å². The standard InChI is InChI=1S/C31H40N2O5S/c1-22(2)17-19-39(36,37)33-31(35)28-15-14-27(20-30(28)38-23(3)4)25-12-10-24(11-13-25)16-18-32-21-29(34)26-8-6-5-7-9-26/h5-15,20,22-23,29,32,34H,16-19,21H2,1-4H3,(H,33,35)/t29-/m1/s1. The second kappa shape index (κ2) is 14.3. The molecule has 3 aromatic carbocycles. The molecule has 3 aromatic rings. The Bertz CT molecular complexity index is 1310. The molecule has 8 heteroatoms. The zero-order valence-electron chi connectivity index (χ0n) is 23.2. The summed E-state index contributed by atoms with van der Waals surface area (Å²) in [7, 11) is -3.74. The van der Waals surface area contributed by atoms with Crippen LogP contribution in [0.15, 0.2) is 72.8 Å². The zero-order valence-corrected chi connectivity index (χ0v) is 24.0. The van der Waals surface area contributed by atoms with Crippen molar-refractivity contribution in [2.75, 3.05) is 18.8 Å². The third kappa shape index (κ3) is 9.80. The maximum Gasteiger partial charge on any atom is 0.268 e. The molecule has 3 rings (SSSR count). The van der Waals surface area contributed by atoms with Crippen LogP contribution in [0.2, 0.25) is 0 Å². The van der Waals surface area contributed by atoms with Gasteiger partial charge in [-0.25, -0.2) is 13.1 Å². The van der Waals surface area contributed by atoms with Crippen LogP contribution in [0.5, 0.6) is 5.75 Å². The van der Waals surface area contributed by atoms with Crippen LogP contribution in [-0.2, 0) is 16.4 Å². The lowest BCUT2D eigenvalue weighted by Gasteiger charge is -2.16. The third-order valence-corrected chi connectivity index (χ3v) is 7.47. The molecule has 0 aliphatic heterocycles. The van der Waals surface area contributed by atoms with Gasteiger partial charge in [0.15, 0.2) is 0 Å². The largest absolute Gasteiger partial charge is 0.490 e. The van der Waals surface area contributed by atoms with E-state index in [1.165, 1.54) is 0 Å². The molecule has 0 saturated carbocycles. The van der Waals surface area contributed by atoms with Crippen molar-refractivity contribution in [2.24, 2.45) is 5.92 Å². The zero-order chi connectivity index (χ0) is 28.4. The highest BCUT2D eigenvalue weighted by Gasteiger charge is 2.21. The van der Waals surface area contributed by atoms with Gasteiger partial charge in [0.25, 0.3) is 5.91 Å². The molecule has 210 valence electrons.